The van der Waals surface area contributed by atoms with Crippen LogP contribution in [-0.2, 0) is 0 Å². The number of hydrogen-bond donors (Lipinski definition) is 0. The van der Waals surface area contributed by atoms with Gasteiger partial charge in [0.2, 0.25) is 0 Å². The van der Waals surface area contributed by atoms with E-state index in [-0.39, 0.29) is 0 Å². The molecule has 1 nitrogen and oxygen atoms in total. The Morgan fingerprint density at radius 2 is 2.33 bits per heavy atom. The van der Waals surface area contributed by atoms with E-state index in [0.717, 1.165) is 5.69 Å². The van der Waals surface area contributed by atoms with E-state index in [2.05, 4.69) is 17.6 Å². The van der Waals surface area contributed by atoms with Gasteiger partial charge in [-0.1, -0.05) is 18.7 Å². The van der Waals surface area contributed by atoms with Crippen molar-refractivity contribution < 1.29 is 0 Å². The van der Waals surface area contributed by atoms with E-state index in [1.807, 2.05) is 18.2 Å². The van der Waals surface area contributed by atoms with Crippen LogP contribution in [0.4, 0.5) is 0 Å². The zero-order valence-corrected chi connectivity index (χ0v) is 5.64. The van der Waals surface area contributed by atoms with Gasteiger partial charge in [0, 0.05) is 11.6 Å². The minimum atomic E-state index is 0.910. The lowest BCUT2D eigenvalue weighted by atomic mass is 10.3. The Morgan fingerprint density at radius 3 is 2.89 bits per heavy atom. The Labute approximate surface area is 59.8 Å². The quantitative estimate of drug-likeness (QED) is 0.577. The topological polar surface area (TPSA) is 12.9 Å². The fraction of sp³-hybridized carbons (Fsp3) is 0. The summed E-state index contributed by atoms with van der Waals surface area (Å²) in [6, 6.07) is 5.71. The van der Waals surface area contributed by atoms with Gasteiger partial charge in [0.1, 0.15) is 0 Å². The number of rotatable bonds is 1. The summed E-state index contributed by atoms with van der Waals surface area (Å²) >= 11 is 4.61. The standard InChI is InChI=1S/C7H6NS/c9-6-4-7-3-1-2-5-8-7/h1-6H/b6-4+. The first-order chi connectivity index (χ1) is 4.43. The summed E-state index contributed by atoms with van der Waals surface area (Å²) in [5, 5.41) is 1.56. The number of hydrogen-bond acceptors (Lipinski definition) is 1. The Hall–Kier alpha value is -0.890. The summed E-state index contributed by atoms with van der Waals surface area (Å²) in [6.45, 7) is 0. The van der Waals surface area contributed by atoms with Crippen LogP contribution < -0.4 is 0 Å². The van der Waals surface area contributed by atoms with E-state index in [9.17, 15) is 0 Å². The second-order valence-electron chi connectivity index (χ2n) is 1.56. The second-order valence-corrected chi connectivity index (χ2v) is 1.83. The molecule has 1 radical (unpaired) electrons. The van der Waals surface area contributed by atoms with Crippen LogP contribution in [0.25, 0.3) is 6.08 Å². The van der Waals surface area contributed by atoms with Gasteiger partial charge in [-0.3, -0.25) is 4.98 Å². The van der Waals surface area contributed by atoms with Crippen molar-refractivity contribution in [1.29, 1.82) is 0 Å². The first kappa shape index (κ1) is 6.23. The first-order valence-corrected chi connectivity index (χ1v) is 3.10. The summed E-state index contributed by atoms with van der Waals surface area (Å²) < 4.78 is 0. The average molecular weight is 136 g/mol. The summed E-state index contributed by atoms with van der Waals surface area (Å²) in [5.41, 5.74) is 0.910. The van der Waals surface area contributed by atoms with Gasteiger partial charge in [0.15, 0.2) is 0 Å². The van der Waals surface area contributed by atoms with Crippen molar-refractivity contribution in [3.63, 3.8) is 0 Å². The Balaban J connectivity index is 2.85. The van der Waals surface area contributed by atoms with Gasteiger partial charge in [0.05, 0.1) is 5.69 Å². The molecule has 0 fully saturated rings. The van der Waals surface area contributed by atoms with Gasteiger partial charge in [-0.05, 0) is 18.2 Å². The third-order valence-corrected chi connectivity index (χ3v) is 1.06. The molecule has 45 valence electrons. The molecule has 1 aromatic rings. The Bertz CT molecular complexity index is 193. The predicted molar refractivity (Wildman–Crippen MR) is 40.9 cm³/mol. The van der Waals surface area contributed by atoms with Crippen LogP contribution >= 0.6 is 12.6 Å². The zero-order valence-electron chi connectivity index (χ0n) is 4.82. The van der Waals surface area contributed by atoms with E-state index in [0.29, 0.717) is 0 Å². The van der Waals surface area contributed by atoms with E-state index >= 15 is 0 Å². The number of nitrogens with zero attached hydrogens (tertiary/aromatic N) is 1. The summed E-state index contributed by atoms with van der Waals surface area (Å²) in [6.07, 6.45) is 3.53. The third kappa shape index (κ3) is 1.82. The third-order valence-electron chi connectivity index (χ3n) is 0.927. The molecule has 0 N–H and O–H groups in total. The molecule has 0 aliphatic heterocycles. The molecule has 2 heteroatoms. The fourth-order valence-corrected chi connectivity index (χ4v) is 0.684. The smallest absolute Gasteiger partial charge is 0.0637 e. The summed E-state index contributed by atoms with van der Waals surface area (Å²) in [4.78, 5) is 4.01. The molecule has 1 rings (SSSR count). The van der Waals surface area contributed by atoms with Crippen molar-refractivity contribution in [1.82, 2.24) is 4.98 Å². The highest BCUT2D eigenvalue weighted by Crippen LogP contribution is 1.95. The highest BCUT2D eigenvalue weighted by Gasteiger charge is 1.79. The van der Waals surface area contributed by atoms with Crippen molar-refractivity contribution in [2.75, 3.05) is 0 Å². The average Bonchev–Trinajstić information content (AvgIpc) is 1.91. The summed E-state index contributed by atoms with van der Waals surface area (Å²) in [5.74, 6) is 0. The van der Waals surface area contributed by atoms with Crippen LogP contribution in [0, 0.1) is 0 Å². The first-order valence-electron chi connectivity index (χ1n) is 2.63. The van der Waals surface area contributed by atoms with E-state index in [1.54, 1.807) is 17.7 Å². The number of aromatic nitrogens is 1. The minimum absolute atomic E-state index is 0.910. The Morgan fingerprint density at radius 1 is 1.44 bits per heavy atom. The van der Waals surface area contributed by atoms with E-state index in [4.69, 9.17) is 0 Å². The van der Waals surface area contributed by atoms with Gasteiger partial charge >= 0.3 is 0 Å². The molecule has 0 atom stereocenters. The van der Waals surface area contributed by atoms with Crippen LogP contribution in [0.3, 0.4) is 0 Å². The highest BCUT2D eigenvalue weighted by molar-refractivity contribution is 7.83. The lowest BCUT2D eigenvalue weighted by molar-refractivity contribution is 1.30. The van der Waals surface area contributed by atoms with Gasteiger partial charge < -0.3 is 0 Å². The lowest BCUT2D eigenvalue weighted by Gasteiger charge is -1.85. The van der Waals surface area contributed by atoms with Crippen molar-refractivity contribution in [2.45, 2.75) is 0 Å². The molecule has 0 aliphatic rings. The fourth-order valence-electron chi connectivity index (χ4n) is 0.544. The Kier molecular flexibility index (Phi) is 2.22. The van der Waals surface area contributed by atoms with Crippen molar-refractivity contribution in [2.24, 2.45) is 0 Å². The molecule has 0 bridgehead atoms. The van der Waals surface area contributed by atoms with Crippen LogP contribution in [-0.4, -0.2) is 4.98 Å². The molecule has 1 aromatic heterocycles. The predicted octanol–water partition coefficient (Wildman–Crippen LogP) is 2.25. The van der Waals surface area contributed by atoms with E-state index in [1.165, 1.54) is 0 Å². The molecular formula is C7H6NS. The summed E-state index contributed by atoms with van der Waals surface area (Å²) in [7, 11) is 0. The van der Waals surface area contributed by atoms with Crippen molar-refractivity contribution in [3.05, 3.63) is 35.5 Å². The maximum atomic E-state index is 4.61. The van der Waals surface area contributed by atoms with Crippen molar-refractivity contribution >= 4 is 18.7 Å². The maximum absolute atomic E-state index is 4.61. The van der Waals surface area contributed by atoms with Crippen LogP contribution in [0.5, 0.6) is 0 Å². The molecule has 0 aliphatic carbocycles. The molecule has 0 amide bonds. The van der Waals surface area contributed by atoms with Crippen LogP contribution in [0.15, 0.2) is 29.8 Å². The molecule has 0 spiro atoms. The number of pyridine rings is 1. The molecule has 0 saturated heterocycles. The molecule has 1 heterocycles. The van der Waals surface area contributed by atoms with Crippen LogP contribution in [0.1, 0.15) is 5.69 Å². The largest absolute Gasteiger partial charge is 0.257 e. The van der Waals surface area contributed by atoms with Gasteiger partial charge in [-0.25, -0.2) is 0 Å². The molecule has 9 heavy (non-hydrogen) atoms. The zero-order chi connectivity index (χ0) is 6.53. The van der Waals surface area contributed by atoms with Gasteiger partial charge in [0.25, 0.3) is 0 Å². The van der Waals surface area contributed by atoms with Gasteiger partial charge in [-0.15, -0.1) is 0 Å². The molecule has 0 aromatic carbocycles. The highest BCUT2D eigenvalue weighted by atomic mass is 32.1. The van der Waals surface area contributed by atoms with Crippen LogP contribution in [0.2, 0.25) is 0 Å². The van der Waals surface area contributed by atoms with Gasteiger partial charge in [-0.2, -0.15) is 0 Å². The lowest BCUT2D eigenvalue weighted by Crippen LogP contribution is -1.74. The molecule has 0 saturated carbocycles. The normalized spacial score (nSPS) is 10.2. The minimum Gasteiger partial charge on any atom is -0.257 e. The SMILES string of the molecule is [S]/C=C/c1ccccn1. The maximum Gasteiger partial charge on any atom is 0.0637 e. The van der Waals surface area contributed by atoms with Crippen molar-refractivity contribution in [3.8, 4) is 0 Å². The second kappa shape index (κ2) is 3.20. The molecular weight excluding hydrogens is 130 g/mol. The van der Waals surface area contributed by atoms with E-state index < -0.39 is 0 Å². The molecule has 0 unspecified atom stereocenters. The monoisotopic (exact) mass is 136 g/mol.